The minimum absolute atomic E-state index is 0.267. The van der Waals surface area contributed by atoms with E-state index in [2.05, 4.69) is 28.9 Å². The number of ether oxygens (including phenoxy) is 2. The van der Waals surface area contributed by atoms with Crippen LogP contribution in [0.15, 0.2) is 18.2 Å². The van der Waals surface area contributed by atoms with Crippen molar-refractivity contribution >= 4 is 0 Å². The summed E-state index contributed by atoms with van der Waals surface area (Å²) in [5.41, 5.74) is 7.24. The highest BCUT2D eigenvalue weighted by Gasteiger charge is 2.25. The third-order valence-electron chi connectivity index (χ3n) is 4.30. The molecule has 1 saturated heterocycles. The Kier molecular flexibility index (Phi) is 4.10. The van der Waals surface area contributed by atoms with Gasteiger partial charge in [-0.1, -0.05) is 13.0 Å². The van der Waals surface area contributed by atoms with Crippen LogP contribution in [0.2, 0.25) is 0 Å². The molecule has 0 aliphatic carbocycles. The van der Waals surface area contributed by atoms with Crippen LogP contribution in [0.25, 0.3) is 0 Å². The Bertz CT molecular complexity index is 458. The highest BCUT2D eigenvalue weighted by molar-refractivity contribution is 5.45. The maximum Gasteiger partial charge on any atom is 0.231 e. The van der Waals surface area contributed by atoms with E-state index in [0.29, 0.717) is 13.3 Å². The first-order valence-corrected chi connectivity index (χ1v) is 7.38. The Balaban J connectivity index is 1.73. The fourth-order valence-corrected chi connectivity index (χ4v) is 3.01. The molecule has 5 nitrogen and oxygen atoms in total. The number of hydrogen-bond acceptors (Lipinski definition) is 5. The van der Waals surface area contributed by atoms with E-state index in [1.54, 1.807) is 0 Å². The molecule has 0 radical (unpaired) electrons. The van der Waals surface area contributed by atoms with Gasteiger partial charge in [-0.2, -0.15) is 0 Å². The van der Waals surface area contributed by atoms with Crippen LogP contribution < -0.4 is 15.2 Å². The van der Waals surface area contributed by atoms with Gasteiger partial charge in [-0.3, -0.25) is 4.90 Å². The number of fused-ring (bicyclic) bond motifs is 1. The zero-order valence-electron chi connectivity index (χ0n) is 12.0. The summed E-state index contributed by atoms with van der Waals surface area (Å²) in [6, 6.07) is 6.44. The van der Waals surface area contributed by atoms with Crippen molar-refractivity contribution in [2.75, 3.05) is 46.1 Å². The van der Waals surface area contributed by atoms with Gasteiger partial charge in [0.15, 0.2) is 11.5 Å². The zero-order chi connectivity index (χ0) is 13.9. The van der Waals surface area contributed by atoms with Crippen LogP contribution in [-0.2, 0) is 0 Å². The van der Waals surface area contributed by atoms with E-state index in [0.717, 1.165) is 44.2 Å². The molecule has 1 unspecified atom stereocenters. The summed E-state index contributed by atoms with van der Waals surface area (Å²) in [7, 11) is 0. The van der Waals surface area contributed by atoms with Crippen molar-refractivity contribution in [1.82, 2.24) is 9.80 Å². The quantitative estimate of drug-likeness (QED) is 0.891. The second-order valence-corrected chi connectivity index (χ2v) is 5.33. The van der Waals surface area contributed by atoms with Crippen LogP contribution in [0.1, 0.15) is 18.5 Å². The van der Waals surface area contributed by atoms with E-state index < -0.39 is 0 Å². The Morgan fingerprint density at radius 2 is 1.90 bits per heavy atom. The summed E-state index contributed by atoms with van der Waals surface area (Å²) in [6.45, 7) is 8.69. The Labute approximate surface area is 120 Å². The number of benzene rings is 1. The summed E-state index contributed by atoms with van der Waals surface area (Å²) < 4.78 is 10.8. The molecule has 2 aliphatic heterocycles. The molecule has 20 heavy (non-hydrogen) atoms. The molecule has 1 atom stereocenters. The van der Waals surface area contributed by atoms with Gasteiger partial charge in [-0.25, -0.2) is 0 Å². The van der Waals surface area contributed by atoms with Crippen molar-refractivity contribution in [2.24, 2.45) is 5.73 Å². The summed E-state index contributed by atoms with van der Waals surface area (Å²) in [5.74, 6) is 1.67. The zero-order valence-corrected chi connectivity index (χ0v) is 12.0. The van der Waals surface area contributed by atoms with Crippen LogP contribution in [0.4, 0.5) is 0 Å². The second-order valence-electron chi connectivity index (χ2n) is 5.33. The molecule has 0 amide bonds. The van der Waals surface area contributed by atoms with Crippen LogP contribution in [0.3, 0.4) is 0 Å². The van der Waals surface area contributed by atoms with Crippen molar-refractivity contribution in [1.29, 1.82) is 0 Å². The van der Waals surface area contributed by atoms with Crippen LogP contribution in [-0.4, -0.2) is 55.9 Å². The van der Waals surface area contributed by atoms with E-state index in [-0.39, 0.29) is 6.04 Å². The largest absolute Gasteiger partial charge is 0.454 e. The van der Waals surface area contributed by atoms with E-state index >= 15 is 0 Å². The summed E-state index contributed by atoms with van der Waals surface area (Å²) in [6.07, 6.45) is 0. The number of piperazine rings is 1. The lowest BCUT2D eigenvalue weighted by molar-refractivity contribution is 0.102. The summed E-state index contributed by atoms with van der Waals surface area (Å²) in [4.78, 5) is 4.95. The molecule has 0 aromatic heterocycles. The fraction of sp³-hybridized carbons (Fsp3) is 0.600. The van der Waals surface area contributed by atoms with Crippen molar-refractivity contribution < 1.29 is 9.47 Å². The van der Waals surface area contributed by atoms with Crippen molar-refractivity contribution in [2.45, 2.75) is 13.0 Å². The van der Waals surface area contributed by atoms with Gasteiger partial charge in [0.1, 0.15) is 0 Å². The molecular formula is C15H23N3O2. The molecule has 1 fully saturated rings. The van der Waals surface area contributed by atoms with Crippen LogP contribution in [0.5, 0.6) is 11.5 Å². The fourth-order valence-electron chi connectivity index (χ4n) is 3.01. The first kappa shape index (κ1) is 13.7. The lowest BCUT2D eigenvalue weighted by atomic mass is 10.0. The van der Waals surface area contributed by atoms with E-state index in [4.69, 9.17) is 15.2 Å². The molecule has 110 valence electrons. The van der Waals surface area contributed by atoms with Gasteiger partial charge in [0, 0.05) is 38.8 Å². The topological polar surface area (TPSA) is 51.0 Å². The maximum atomic E-state index is 6.02. The number of rotatable bonds is 4. The van der Waals surface area contributed by atoms with Crippen molar-refractivity contribution in [3.8, 4) is 11.5 Å². The van der Waals surface area contributed by atoms with Gasteiger partial charge < -0.3 is 20.1 Å². The molecule has 0 saturated carbocycles. The molecule has 2 heterocycles. The Hall–Kier alpha value is -1.30. The second kappa shape index (κ2) is 5.99. The maximum absolute atomic E-state index is 6.02. The molecule has 2 aliphatic rings. The van der Waals surface area contributed by atoms with E-state index in [1.807, 2.05) is 6.07 Å². The first-order chi connectivity index (χ1) is 9.81. The van der Waals surface area contributed by atoms with Crippen molar-refractivity contribution in [3.05, 3.63) is 23.8 Å². The average Bonchev–Trinajstić information content (AvgIpc) is 2.96. The van der Waals surface area contributed by atoms with Crippen LogP contribution >= 0.6 is 0 Å². The number of hydrogen-bond donors (Lipinski definition) is 1. The molecule has 0 bridgehead atoms. The minimum Gasteiger partial charge on any atom is -0.454 e. The highest BCUT2D eigenvalue weighted by Crippen LogP contribution is 2.35. The van der Waals surface area contributed by atoms with Gasteiger partial charge >= 0.3 is 0 Å². The number of nitrogens with zero attached hydrogens (tertiary/aromatic N) is 2. The predicted molar refractivity (Wildman–Crippen MR) is 78.0 cm³/mol. The van der Waals surface area contributed by atoms with Crippen LogP contribution in [0, 0.1) is 0 Å². The van der Waals surface area contributed by atoms with Gasteiger partial charge in [0.05, 0.1) is 0 Å². The molecule has 3 rings (SSSR count). The average molecular weight is 277 g/mol. The Morgan fingerprint density at radius 1 is 1.15 bits per heavy atom. The third-order valence-corrected chi connectivity index (χ3v) is 4.30. The van der Waals surface area contributed by atoms with Gasteiger partial charge in [0.25, 0.3) is 0 Å². The third kappa shape index (κ3) is 2.61. The number of nitrogens with two attached hydrogens (primary N) is 1. The lowest BCUT2D eigenvalue weighted by Gasteiger charge is -2.38. The molecule has 1 aromatic rings. The van der Waals surface area contributed by atoms with E-state index in [1.165, 1.54) is 5.56 Å². The highest BCUT2D eigenvalue weighted by atomic mass is 16.7. The predicted octanol–water partition coefficient (Wildman–Crippen LogP) is 1.05. The monoisotopic (exact) mass is 277 g/mol. The smallest absolute Gasteiger partial charge is 0.231 e. The molecule has 0 spiro atoms. The Morgan fingerprint density at radius 3 is 2.60 bits per heavy atom. The summed E-state index contributed by atoms with van der Waals surface area (Å²) in [5, 5.41) is 0. The van der Waals surface area contributed by atoms with Gasteiger partial charge in [-0.05, 0) is 24.2 Å². The summed E-state index contributed by atoms with van der Waals surface area (Å²) >= 11 is 0. The van der Waals surface area contributed by atoms with Gasteiger partial charge in [0.2, 0.25) is 6.79 Å². The van der Waals surface area contributed by atoms with Crippen molar-refractivity contribution in [3.63, 3.8) is 0 Å². The molecule has 5 heteroatoms. The SMILES string of the molecule is CCN1CCN(C(CN)c2ccc3c(c2)OCO3)CC1. The normalized spacial score (nSPS) is 21.1. The number of likely N-dealkylation sites (N-methyl/N-ethyl adjacent to an activating group) is 1. The molecule has 1 aromatic carbocycles. The lowest BCUT2D eigenvalue weighted by Crippen LogP contribution is -2.48. The molecular weight excluding hydrogens is 254 g/mol. The molecule has 2 N–H and O–H groups in total. The van der Waals surface area contributed by atoms with E-state index in [9.17, 15) is 0 Å². The standard InChI is InChI=1S/C15H23N3O2/c1-2-17-5-7-18(8-6-17)13(10-16)12-3-4-14-15(9-12)20-11-19-14/h3-4,9,13H,2,5-8,10-11,16H2,1H3. The minimum atomic E-state index is 0.267. The first-order valence-electron chi connectivity index (χ1n) is 7.38. The van der Waals surface area contributed by atoms with Gasteiger partial charge in [-0.15, -0.1) is 0 Å².